The summed E-state index contributed by atoms with van der Waals surface area (Å²) in [7, 11) is 0. The van der Waals surface area contributed by atoms with E-state index in [2.05, 4.69) is 29.2 Å². The van der Waals surface area contributed by atoms with Gasteiger partial charge in [0.05, 0.1) is 0 Å². The van der Waals surface area contributed by atoms with Crippen molar-refractivity contribution < 1.29 is 4.74 Å². The lowest BCUT2D eigenvalue weighted by molar-refractivity contribution is 0.150. The maximum Gasteiger partial charge on any atom is 0.127 e. The van der Waals surface area contributed by atoms with Crippen molar-refractivity contribution in [1.29, 1.82) is 0 Å². The molecule has 4 rings (SSSR count). The van der Waals surface area contributed by atoms with Crippen LogP contribution in [0.2, 0.25) is 0 Å². The standard InChI is InChI=1S/C20H23NO/c1-2-7-18(8-3-1)22-19-12-9-16(10-13-19)20-14-11-17-6-4-5-15-21(17)20/h1-3,7-10,12-13,17,20H,4-6,11,14-15H2/t17-,20-/m1/s1. The first kappa shape index (κ1) is 13.8. The fourth-order valence-corrected chi connectivity index (χ4v) is 4.00. The van der Waals surface area contributed by atoms with E-state index in [1.807, 2.05) is 30.3 Å². The number of para-hydroxylation sites is 1. The molecule has 0 saturated carbocycles. The first-order valence-electron chi connectivity index (χ1n) is 8.49. The molecule has 2 heterocycles. The maximum absolute atomic E-state index is 5.89. The molecule has 2 aliphatic heterocycles. The Morgan fingerprint density at radius 1 is 0.773 bits per heavy atom. The van der Waals surface area contributed by atoms with Crippen LogP contribution in [0.15, 0.2) is 54.6 Å². The Hall–Kier alpha value is -1.80. The monoisotopic (exact) mass is 293 g/mol. The third-order valence-corrected chi connectivity index (χ3v) is 5.09. The van der Waals surface area contributed by atoms with Crippen LogP contribution in [0.1, 0.15) is 43.7 Å². The summed E-state index contributed by atoms with van der Waals surface area (Å²) in [5.41, 5.74) is 1.45. The zero-order valence-electron chi connectivity index (χ0n) is 12.9. The van der Waals surface area contributed by atoms with Gasteiger partial charge in [0, 0.05) is 12.1 Å². The van der Waals surface area contributed by atoms with E-state index >= 15 is 0 Å². The Morgan fingerprint density at radius 3 is 2.36 bits per heavy atom. The quantitative estimate of drug-likeness (QED) is 0.774. The van der Waals surface area contributed by atoms with Gasteiger partial charge in [0.2, 0.25) is 0 Å². The van der Waals surface area contributed by atoms with E-state index in [4.69, 9.17) is 4.74 Å². The van der Waals surface area contributed by atoms with E-state index in [-0.39, 0.29) is 0 Å². The number of benzene rings is 2. The van der Waals surface area contributed by atoms with Gasteiger partial charge in [-0.25, -0.2) is 0 Å². The second-order valence-electron chi connectivity index (χ2n) is 6.46. The van der Waals surface area contributed by atoms with Gasteiger partial charge in [-0.3, -0.25) is 4.90 Å². The molecule has 2 saturated heterocycles. The third kappa shape index (κ3) is 2.76. The molecule has 2 heteroatoms. The summed E-state index contributed by atoms with van der Waals surface area (Å²) in [6.45, 7) is 1.28. The normalized spacial score (nSPS) is 24.9. The number of rotatable bonds is 3. The van der Waals surface area contributed by atoms with Crippen LogP contribution in [-0.4, -0.2) is 17.5 Å². The molecule has 2 fully saturated rings. The van der Waals surface area contributed by atoms with Gasteiger partial charge in [0.15, 0.2) is 0 Å². The van der Waals surface area contributed by atoms with Crippen LogP contribution in [0.3, 0.4) is 0 Å². The Bertz CT molecular complexity index is 607. The Kier molecular flexibility index (Phi) is 3.86. The highest BCUT2D eigenvalue weighted by atomic mass is 16.5. The van der Waals surface area contributed by atoms with Crippen LogP contribution in [0.5, 0.6) is 11.5 Å². The molecule has 0 aliphatic carbocycles. The Balaban J connectivity index is 1.48. The SMILES string of the molecule is c1ccc(Oc2ccc([C@H]3CC[C@H]4CCCCN43)cc2)cc1. The molecule has 0 spiro atoms. The molecular weight excluding hydrogens is 270 g/mol. The van der Waals surface area contributed by atoms with E-state index in [0.29, 0.717) is 6.04 Å². The Labute approximate surface area is 132 Å². The lowest BCUT2D eigenvalue weighted by atomic mass is 10.0. The van der Waals surface area contributed by atoms with E-state index < -0.39 is 0 Å². The van der Waals surface area contributed by atoms with Crippen molar-refractivity contribution >= 4 is 0 Å². The average molecular weight is 293 g/mol. The lowest BCUT2D eigenvalue weighted by Crippen LogP contribution is -2.35. The zero-order valence-corrected chi connectivity index (χ0v) is 12.9. The molecule has 0 radical (unpaired) electrons. The smallest absolute Gasteiger partial charge is 0.127 e. The summed E-state index contributed by atoms with van der Waals surface area (Å²) in [5, 5.41) is 0. The fraction of sp³-hybridized carbons (Fsp3) is 0.400. The lowest BCUT2D eigenvalue weighted by Gasteiger charge is -2.34. The number of hydrogen-bond acceptors (Lipinski definition) is 2. The van der Waals surface area contributed by atoms with Gasteiger partial charge in [-0.15, -0.1) is 0 Å². The van der Waals surface area contributed by atoms with Crippen LogP contribution in [0.25, 0.3) is 0 Å². The van der Waals surface area contributed by atoms with E-state index in [0.717, 1.165) is 17.5 Å². The summed E-state index contributed by atoms with van der Waals surface area (Å²) in [6, 6.07) is 20.2. The van der Waals surface area contributed by atoms with E-state index in [1.165, 1.54) is 44.2 Å². The van der Waals surface area contributed by atoms with Crippen LogP contribution >= 0.6 is 0 Å². The minimum atomic E-state index is 0.621. The molecule has 0 bridgehead atoms. The van der Waals surface area contributed by atoms with Crippen LogP contribution < -0.4 is 4.74 Å². The largest absolute Gasteiger partial charge is 0.457 e. The predicted octanol–water partition coefficient (Wildman–Crippen LogP) is 5.17. The molecule has 2 atom stereocenters. The maximum atomic E-state index is 5.89. The van der Waals surface area contributed by atoms with Gasteiger partial charge in [0.25, 0.3) is 0 Å². The van der Waals surface area contributed by atoms with Crippen LogP contribution in [-0.2, 0) is 0 Å². The average Bonchev–Trinajstić information content (AvgIpc) is 3.01. The van der Waals surface area contributed by atoms with Gasteiger partial charge in [-0.05, 0) is 62.1 Å². The summed E-state index contributed by atoms with van der Waals surface area (Å²) in [6.07, 6.45) is 6.85. The van der Waals surface area contributed by atoms with Gasteiger partial charge in [-0.1, -0.05) is 36.8 Å². The van der Waals surface area contributed by atoms with Crippen molar-refractivity contribution in [2.45, 2.75) is 44.2 Å². The predicted molar refractivity (Wildman–Crippen MR) is 89.3 cm³/mol. The molecule has 2 aromatic carbocycles. The third-order valence-electron chi connectivity index (χ3n) is 5.09. The first-order valence-corrected chi connectivity index (χ1v) is 8.49. The summed E-state index contributed by atoms with van der Waals surface area (Å²) >= 11 is 0. The molecule has 0 N–H and O–H groups in total. The molecular formula is C20H23NO. The van der Waals surface area contributed by atoms with Crippen LogP contribution in [0.4, 0.5) is 0 Å². The van der Waals surface area contributed by atoms with Gasteiger partial charge < -0.3 is 4.74 Å². The highest BCUT2D eigenvalue weighted by Crippen LogP contribution is 2.40. The second-order valence-corrected chi connectivity index (χ2v) is 6.46. The van der Waals surface area contributed by atoms with E-state index in [9.17, 15) is 0 Å². The number of hydrogen-bond donors (Lipinski definition) is 0. The molecule has 0 unspecified atom stereocenters. The van der Waals surface area contributed by atoms with Gasteiger partial charge in [-0.2, -0.15) is 0 Å². The summed E-state index contributed by atoms with van der Waals surface area (Å²) in [4.78, 5) is 2.73. The van der Waals surface area contributed by atoms with Gasteiger partial charge in [0.1, 0.15) is 11.5 Å². The topological polar surface area (TPSA) is 12.5 Å². The van der Waals surface area contributed by atoms with Crippen molar-refractivity contribution in [3.63, 3.8) is 0 Å². The van der Waals surface area contributed by atoms with Crippen molar-refractivity contribution in [3.05, 3.63) is 60.2 Å². The van der Waals surface area contributed by atoms with Crippen molar-refractivity contribution in [3.8, 4) is 11.5 Å². The highest BCUT2D eigenvalue weighted by molar-refractivity contribution is 5.34. The Morgan fingerprint density at radius 2 is 1.55 bits per heavy atom. The number of fused-ring (bicyclic) bond motifs is 1. The summed E-state index contributed by atoms with van der Waals surface area (Å²) < 4.78 is 5.89. The minimum Gasteiger partial charge on any atom is -0.457 e. The number of nitrogens with zero attached hydrogens (tertiary/aromatic N) is 1. The second kappa shape index (κ2) is 6.13. The van der Waals surface area contributed by atoms with Crippen molar-refractivity contribution in [1.82, 2.24) is 4.90 Å². The molecule has 0 amide bonds. The molecule has 2 nitrogen and oxygen atoms in total. The van der Waals surface area contributed by atoms with Crippen molar-refractivity contribution in [2.24, 2.45) is 0 Å². The molecule has 114 valence electrons. The highest BCUT2D eigenvalue weighted by Gasteiger charge is 2.35. The molecule has 2 aromatic rings. The molecule has 22 heavy (non-hydrogen) atoms. The molecule has 0 aromatic heterocycles. The number of piperidine rings is 1. The molecule has 2 aliphatic rings. The zero-order chi connectivity index (χ0) is 14.8. The van der Waals surface area contributed by atoms with E-state index in [1.54, 1.807) is 0 Å². The van der Waals surface area contributed by atoms with Gasteiger partial charge >= 0.3 is 0 Å². The van der Waals surface area contributed by atoms with Crippen LogP contribution in [0, 0.1) is 0 Å². The number of ether oxygens (including phenoxy) is 1. The first-order chi connectivity index (χ1) is 10.9. The van der Waals surface area contributed by atoms with Crippen molar-refractivity contribution in [2.75, 3.05) is 6.54 Å². The minimum absolute atomic E-state index is 0.621. The fourth-order valence-electron chi connectivity index (χ4n) is 4.00. The summed E-state index contributed by atoms with van der Waals surface area (Å²) in [5.74, 6) is 1.82.